The van der Waals surface area contributed by atoms with Gasteiger partial charge in [-0.25, -0.2) is 0 Å². The molecule has 2 fully saturated rings. The second kappa shape index (κ2) is 6.72. The minimum Gasteiger partial charge on any atom is -0.354 e. The number of nitrogens with zero attached hydrogens (tertiary/aromatic N) is 3. The standard InChI is InChI=1S/C19H24N4O3/c1-20-16-9-5-4-8-15(16)17(18(19(20)24)23(25)26)22-12-10-21(11-13-22)14-6-2-3-7-14/h4-5,8-9,14H,2-3,6-7,10-13H2,1H3/p+1. The number of para-hydroxylation sites is 1. The molecule has 2 aromatic rings. The van der Waals surface area contributed by atoms with Crippen molar-refractivity contribution in [3.05, 3.63) is 44.7 Å². The van der Waals surface area contributed by atoms with E-state index in [2.05, 4.69) is 4.90 Å². The molecule has 4 rings (SSSR count). The summed E-state index contributed by atoms with van der Waals surface area (Å²) in [7, 11) is 1.60. The van der Waals surface area contributed by atoms with Gasteiger partial charge in [-0.05, 0) is 31.7 Å². The molecule has 1 aliphatic heterocycles. The van der Waals surface area contributed by atoms with Crippen LogP contribution in [-0.2, 0) is 7.05 Å². The summed E-state index contributed by atoms with van der Waals surface area (Å²) in [4.78, 5) is 27.5. The molecule has 1 N–H and O–H groups in total. The van der Waals surface area contributed by atoms with E-state index in [1.807, 2.05) is 24.3 Å². The van der Waals surface area contributed by atoms with Crippen molar-refractivity contribution in [1.29, 1.82) is 0 Å². The molecule has 7 nitrogen and oxygen atoms in total. The summed E-state index contributed by atoms with van der Waals surface area (Å²) in [5.74, 6) is 0. The van der Waals surface area contributed by atoms with E-state index in [1.54, 1.807) is 11.9 Å². The van der Waals surface area contributed by atoms with Crippen molar-refractivity contribution in [3.8, 4) is 0 Å². The van der Waals surface area contributed by atoms with Crippen LogP contribution in [0.2, 0.25) is 0 Å². The average Bonchev–Trinajstić information content (AvgIpc) is 3.19. The first-order valence-electron chi connectivity index (χ1n) is 9.43. The number of piperazine rings is 1. The van der Waals surface area contributed by atoms with Crippen LogP contribution < -0.4 is 15.4 Å². The second-order valence-corrected chi connectivity index (χ2v) is 7.46. The molecule has 7 heteroatoms. The largest absolute Gasteiger partial charge is 0.357 e. The van der Waals surface area contributed by atoms with Crippen LogP contribution in [0.25, 0.3) is 10.9 Å². The summed E-state index contributed by atoms with van der Waals surface area (Å²) in [6.45, 7) is 3.46. The molecule has 1 aromatic carbocycles. The molecule has 1 saturated carbocycles. The van der Waals surface area contributed by atoms with Gasteiger partial charge in [0, 0.05) is 12.4 Å². The number of pyridine rings is 1. The van der Waals surface area contributed by atoms with Gasteiger partial charge >= 0.3 is 11.2 Å². The van der Waals surface area contributed by atoms with Crippen molar-refractivity contribution >= 4 is 22.3 Å². The first kappa shape index (κ1) is 17.0. The van der Waals surface area contributed by atoms with Crippen LogP contribution in [0.5, 0.6) is 0 Å². The van der Waals surface area contributed by atoms with Crippen LogP contribution >= 0.6 is 0 Å². The van der Waals surface area contributed by atoms with Gasteiger partial charge in [0.1, 0.15) is 5.69 Å². The summed E-state index contributed by atoms with van der Waals surface area (Å²) in [5.41, 5.74) is 0.410. The fourth-order valence-corrected chi connectivity index (χ4v) is 4.71. The zero-order chi connectivity index (χ0) is 18.3. The van der Waals surface area contributed by atoms with E-state index in [-0.39, 0.29) is 5.69 Å². The maximum Gasteiger partial charge on any atom is 0.357 e. The molecule has 2 aliphatic rings. The number of nitro groups is 1. The van der Waals surface area contributed by atoms with Crippen LogP contribution in [0.15, 0.2) is 29.1 Å². The predicted molar refractivity (Wildman–Crippen MR) is 101 cm³/mol. The second-order valence-electron chi connectivity index (χ2n) is 7.46. The Kier molecular flexibility index (Phi) is 4.40. The van der Waals surface area contributed by atoms with Crippen LogP contribution in [0.3, 0.4) is 0 Å². The number of quaternary nitrogens is 1. The van der Waals surface area contributed by atoms with Crippen molar-refractivity contribution in [2.75, 3.05) is 31.1 Å². The molecule has 138 valence electrons. The molecule has 26 heavy (non-hydrogen) atoms. The van der Waals surface area contributed by atoms with Gasteiger partial charge in [0.25, 0.3) is 0 Å². The summed E-state index contributed by atoms with van der Waals surface area (Å²) in [5, 5.41) is 12.5. The van der Waals surface area contributed by atoms with Gasteiger partial charge in [-0.2, -0.15) is 0 Å². The lowest BCUT2D eigenvalue weighted by molar-refractivity contribution is -0.925. The lowest BCUT2D eigenvalue weighted by Gasteiger charge is -2.36. The number of aromatic nitrogens is 1. The number of hydrogen-bond acceptors (Lipinski definition) is 4. The van der Waals surface area contributed by atoms with Gasteiger partial charge in [-0.1, -0.05) is 18.2 Å². The topological polar surface area (TPSA) is 72.8 Å². The van der Waals surface area contributed by atoms with Gasteiger partial charge < -0.3 is 14.4 Å². The summed E-state index contributed by atoms with van der Waals surface area (Å²) >= 11 is 0. The Morgan fingerprint density at radius 3 is 2.46 bits per heavy atom. The minimum absolute atomic E-state index is 0.296. The smallest absolute Gasteiger partial charge is 0.354 e. The third-order valence-electron chi connectivity index (χ3n) is 6.09. The quantitative estimate of drug-likeness (QED) is 0.659. The van der Waals surface area contributed by atoms with E-state index in [4.69, 9.17) is 0 Å². The lowest BCUT2D eigenvalue weighted by atomic mass is 10.1. The maximum absolute atomic E-state index is 12.7. The van der Waals surface area contributed by atoms with Crippen LogP contribution in [0, 0.1) is 10.1 Å². The number of rotatable bonds is 3. The molecule has 0 atom stereocenters. The highest BCUT2D eigenvalue weighted by Gasteiger charge is 2.34. The highest BCUT2D eigenvalue weighted by atomic mass is 16.6. The molecule has 0 spiro atoms. The third-order valence-corrected chi connectivity index (χ3v) is 6.09. The fraction of sp³-hybridized carbons (Fsp3) is 0.526. The van der Waals surface area contributed by atoms with E-state index in [1.165, 1.54) is 30.3 Å². The molecule has 0 amide bonds. The Balaban J connectivity index is 1.74. The highest BCUT2D eigenvalue weighted by Crippen LogP contribution is 2.33. The number of benzene rings is 1. The Hall–Kier alpha value is -2.41. The van der Waals surface area contributed by atoms with Gasteiger partial charge in [0.05, 0.1) is 42.7 Å². The first-order chi connectivity index (χ1) is 12.6. The summed E-state index contributed by atoms with van der Waals surface area (Å²) < 4.78 is 1.39. The molecule has 1 saturated heterocycles. The zero-order valence-corrected chi connectivity index (χ0v) is 15.1. The van der Waals surface area contributed by atoms with Crippen LogP contribution in [-0.4, -0.2) is 41.7 Å². The summed E-state index contributed by atoms with van der Waals surface area (Å²) in [6.07, 6.45) is 5.24. The number of hydrogen-bond donors (Lipinski definition) is 1. The van der Waals surface area contributed by atoms with Gasteiger partial charge in [0.15, 0.2) is 0 Å². The van der Waals surface area contributed by atoms with E-state index >= 15 is 0 Å². The molecule has 0 bridgehead atoms. The van der Waals surface area contributed by atoms with E-state index in [0.717, 1.165) is 43.1 Å². The van der Waals surface area contributed by atoms with Gasteiger partial charge in [0.2, 0.25) is 0 Å². The molecule has 2 heterocycles. The minimum atomic E-state index is -0.533. The Morgan fingerprint density at radius 1 is 1.15 bits per heavy atom. The monoisotopic (exact) mass is 357 g/mol. The number of anilines is 1. The first-order valence-corrected chi connectivity index (χ1v) is 9.43. The van der Waals surface area contributed by atoms with Crippen molar-refractivity contribution in [2.45, 2.75) is 31.7 Å². The Morgan fingerprint density at radius 2 is 1.81 bits per heavy atom. The number of fused-ring (bicyclic) bond motifs is 1. The summed E-state index contributed by atoms with van der Waals surface area (Å²) in [6, 6.07) is 8.21. The average molecular weight is 357 g/mol. The van der Waals surface area contributed by atoms with Crippen LogP contribution in [0.4, 0.5) is 11.4 Å². The van der Waals surface area contributed by atoms with Crippen molar-refractivity contribution in [2.24, 2.45) is 7.05 Å². The number of nitrogens with one attached hydrogen (secondary N) is 1. The van der Waals surface area contributed by atoms with Gasteiger partial charge in [-0.3, -0.25) is 14.9 Å². The van der Waals surface area contributed by atoms with Crippen molar-refractivity contribution < 1.29 is 9.82 Å². The predicted octanol–water partition coefficient (Wildman–Crippen LogP) is 1.09. The van der Waals surface area contributed by atoms with Crippen LogP contribution in [0.1, 0.15) is 25.7 Å². The van der Waals surface area contributed by atoms with E-state index < -0.39 is 10.5 Å². The number of aryl methyl sites for hydroxylation is 1. The van der Waals surface area contributed by atoms with Crippen molar-refractivity contribution in [1.82, 2.24) is 4.57 Å². The van der Waals surface area contributed by atoms with E-state index in [9.17, 15) is 14.9 Å². The Bertz CT molecular complexity index is 894. The zero-order valence-electron chi connectivity index (χ0n) is 15.1. The molecular weight excluding hydrogens is 332 g/mol. The molecular formula is C19H25N4O3+. The van der Waals surface area contributed by atoms with Crippen molar-refractivity contribution in [3.63, 3.8) is 0 Å². The molecule has 0 unspecified atom stereocenters. The normalized spacial score (nSPS) is 19.3. The van der Waals surface area contributed by atoms with Gasteiger partial charge in [-0.15, -0.1) is 0 Å². The van der Waals surface area contributed by atoms with E-state index in [0.29, 0.717) is 5.69 Å². The SMILES string of the molecule is Cn1c(=O)c([N+](=O)[O-])c(N2CC[NH+](C3CCCC3)CC2)c2ccccc21. The third kappa shape index (κ3) is 2.76. The lowest BCUT2D eigenvalue weighted by Crippen LogP contribution is -3.18. The molecule has 1 aliphatic carbocycles. The molecule has 0 radical (unpaired) electrons. The highest BCUT2D eigenvalue weighted by molar-refractivity contribution is 5.96. The Labute approximate surface area is 152 Å². The maximum atomic E-state index is 12.7. The fourth-order valence-electron chi connectivity index (χ4n) is 4.71. The molecule has 1 aromatic heterocycles.